The lowest BCUT2D eigenvalue weighted by Gasteiger charge is -2.13. The standard InChI is InChI=1S/C19H24F2N4O2S.HI/c1-13-4-6-16(11-18(13)21)25-28(26,27)9-8-23-19(22-3)24-12-15-5-7-17(20)14(2)10-15;/h4-7,10-11,25H,8-9,12H2,1-3H3,(H2,22,23,24);1H. The number of rotatable bonds is 7. The van der Waals surface area contributed by atoms with Gasteiger partial charge in [-0.2, -0.15) is 0 Å². The summed E-state index contributed by atoms with van der Waals surface area (Å²) in [7, 11) is -2.09. The number of hydrogen-bond acceptors (Lipinski definition) is 3. The van der Waals surface area contributed by atoms with Crippen molar-refractivity contribution in [2.45, 2.75) is 20.4 Å². The maximum atomic E-state index is 13.5. The van der Waals surface area contributed by atoms with E-state index in [1.165, 1.54) is 18.2 Å². The molecule has 160 valence electrons. The van der Waals surface area contributed by atoms with Crippen LogP contribution < -0.4 is 15.4 Å². The Kier molecular flexibility index (Phi) is 9.77. The quantitative estimate of drug-likeness (QED) is 0.287. The van der Waals surface area contributed by atoms with Crippen LogP contribution in [0, 0.1) is 25.5 Å². The Morgan fingerprint density at radius 1 is 1.00 bits per heavy atom. The molecule has 29 heavy (non-hydrogen) atoms. The molecule has 0 atom stereocenters. The molecule has 2 rings (SSSR count). The summed E-state index contributed by atoms with van der Waals surface area (Å²) in [4.78, 5) is 4.02. The summed E-state index contributed by atoms with van der Waals surface area (Å²) in [5, 5.41) is 5.93. The molecule has 0 spiro atoms. The predicted molar refractivity (Wildman–Crippen MR) is 123 cm³/mol. The fourth-order valence-corrected chi connectivity index (χ4v) is 3.37. The molecule has 0 aliphatic carbocycles. The van der Waals surface area contributed by atoms with Gasteiger partial charge in [0.15, 0.2) is 5.96 Å². The van der Waals surface area contributed by atoms with Crippen LogP contribution in [0.4, 0.5) is 14.5 Å². The predicted octanol–water partition coefficient (Wildman–Crippen LogP) is 3.31. The highest BCUT2D eigenvalue weighted by atomic mass is 127. The van der Waals surface area contributed by atoms with E-state index in [4.69, 9.17) is 0 Å². The average Bonchev–Trinajstić information content (AvgIpc) is 2.63. The second-order valence-corrected chi connectivity index (χ2v) is 8.16. The first kappa shape index (κ1) is 25.1. The van der Waals surface area contributed by atoms with Crippen LogP contribution in [0.1, 0.15) is 16.7 Å². The lowest BCUT2D eigenvalue weighted by Crippen LogP contribution is -2.39. The molecule has 0 aliphatic heterocycles. The van der Waals surface area contributed by atoms with Crippen molar-refractivity contribution in [1.29, 1.82) is 0 Å². The first-order chi connectivity index (χ1) is 13.2. The monoisotopic (exact) mass is 538 g/mol. The minimum absolute atomic E-state index is 0. The van der Waals surface area contributed by atoms with E-state index in [2.05, 4.69) is 20.3 Å². The van der Waals surface area contributed by atoms with E-state index >= 15 is 0 Å². The molecule has 0 unspecified atom stereocenters. The van der Waals surface area contributed by atoms with Crippen molar-refractivity contribution >= 4 is 45.6 Å². The van der Waals surface area contributed by atoms with Gasteiger partial charge in [-0.3, -0.25) is 9.71 Å². The van der Waals surface area contributed by atoms with E-state index in [9.17, 15) is 17.2 Å². The van der Waals surface area contributed by atoms with Gasteiger partial charge >= 0.3 is 0 Å². The summed E-state index contributed by atoms with van der Waals surface area (Å²) in [6.45, 7) is 3.80. The van der Waals surface area contributed by atoms with Crippen molar-refractivity contribution in [2.24, 2.45) is 4.99 Å². The van der Waals surface area contributed by atoms with Gasteiger partial charge in [-0.25, -0.2) is 17.2 Å². The van der Waals surface area contributed by atoms with E-state index in [1.807, 2.05) is 0 Å². The minimum atomic E-state index is -3.65. The maximum absolute atomic E-state index is 13.5. The van der Waals surface area contributed by atoms with Crippen molar-refractivity contribution in [3.8, 4) is 0 Å². The summed E-state index contributed by atoms with van der Waals surface area (Å²) < 4.78 is 53.5. The molecule has 0 amide bonds. The molecule has 0 aromatic heterocycles. The number of anilines is 1. The number of benzene rings is 2. The number of halogens is 3. The van der Waals surface area contributed by atoms with Crippen LogP contribution in [-0.4, -0.2) is 33.7 Å². The van der Waals surface area contributed by atoms with Crippen LogP contribution in [0.3, 0.4) is 0 Å². The lowest BCUT2D eigenvalue weighted by atomic mass is 10.1. The van der Waals surface area contributed by atoms with Gasteiger partial charge in [-0.05, 0) is 48.7 Å². The van der Waals surface area contributed by atoms with E-state index in [-0.39, 0.29) is 47.8 Å². The third-order valence-electron chi connectivity index (χ3n) is 4.01. The lowest BCUT2D eigenvalue weighted by molar-refractivity contribution is 0.599. The molecule has 0 radical (unpaired) electrons. The molecule has 0 saturated heterocycles. The maximum Gasteiger partial charge on any atom is 0.234 e. The van der Waals surface area contributed by atoms with E-state index in [0.717, 1.165) is 11.6 Å². The summed E-state index contributed by atoms with van der Waals surface area (Å²) in [5.41, 5.74) is 2.04. The van der Waals surface area contributed by atoms with Gasteiger partial charge in [0.05, 0.1) is 11.4 Å². The SMILES string of the molecule is CN=C(NCCS(=O)(=O)Nc1ccc(C)c(F)c1)NCc1ccc(F)c(C)c1.I. The Bertz CT molecular complexity index is 969. The molecule has 3 N–H and O–H groups in total. The first-order valence-corrected chi connectivity index (χ1v) is 10.3. The molecule has 2 aromatic carbocycles. The highest BCUT2D eigenvalue weighted by molar-refractivity contribution is 14.0. The third-order valence-corrected chi connectivity index (χ3v) is 5.30. The zero-order chi connectivity index (χ0) is 20.7. The third kappa shape index (κ3) is 8.13. The normalized spacial score (nSPS) is 11.6. The minimum Gasteiger partial charge on any atom is -0.355 e. The van der Waals surface area contributed by atoms with Gasteiger partial charge in [0, 0.05) is 20.1 Å². The molecule has 2 aromatic rings. The Hall–Kier alpha value is -1.95. The molecule has 0 heterocycles. The van der Waals surface area contributed by atoms with Crippen LogP contribution in [-0.2, 0) is 16.6 Å². The molecule has 0 saturated carbocycles. The number of aliphatic imine (C=N–C) groups is 1. The highest BCUT2D eigenvalue weighted by Crippen LogP contribution is 2.15. The van der Waals surface area contributed by atoms with Crippen LogP contribution >= 0.6 is 24.0 Å². The average molecular weight is 538 g/mol. The van der Waals surface area contributed by atoms with Gasteiger partial charge in [0.25, 0.3) is 0 Å². The van der Waals surface area contributed by atoms with Crippen molar-refractivity contribution in [1.82, 2.24) is 10.6 Å². The Morgan fingerprint density at radius 2 is 1.72 bits per heavy atom. The smallest absolute Gasteiger partial charge is 0.234 e. The van der Waals surface area contributed by atoms with Crippen molar-refractivity contribution in [3.63, 3.8) is 0 Å². The molecule has 0 fully saturated rings. The summed E-state index contributed by atoms with van der Waals surface area (Å²) in [5.74, 6) is -0.547. The number of aryl methyl sites for hydroxylation is 2. The topological polar surface area (TPSA) is 82.6 Å². The second kappa shape index (κ2) is 11.3. The molecule has 10 heteroatoms. The van der Waals surface area contributed by atoms with Gasteiger partial charge in [-0.1, -0.05) is 18.2 Å². The fraction of sp³-hybridized carbons (Fsp3) is 0.316. The van der Waals surface area contributed by atoms with Crippen molar-refractivity contribution in [2.75, 3.05) is 24.1 Å². The summed E-state index contributed by atoms with van der Waals surface area (Å²) in [6.07, 6.45) is 0. The van der Waals surface area contributed by atoms with Crippen LogP contribution in [0.25, 0.3) is 0 Å². The van der Waals surface area contributed by atoms with E-state index < -0.39 is 15.8 Å². The second-order valence-electron chi connectivity index (χ2n) is 6.32. The molecule has 0 bridgehead atoms. The number of nitrogens with one attached hydrogen (secondary N) is 3. The number of sulfonamides is 1. The van der Waals surface area contributed by atoms with Gasteiger partial charge < -0.3 is 10.6 Å². The number of guanidine groups is 1. The largest absolute Gasteiger partial charge is 0.355 e. The van der Waals surface area contributed by atoms with Gasteiger partial charge in [-0.15, -0.1) is 24.0 Å². The molecular weight excluding hydrogens is 513 g/mol. The van der Waals surface area contributed by atoms with Crippen LogP contribution in [0.15, 0.2) is 41.4 Å². The summed E-state index contributed by atoms with van der Waals surface area (Å²) >= 11 is 0. The fourth-order valence-electron chi connectivity index (χ4n) is 2.41. The van der Waals surface area contributed by atoms with Gasteiger partial charge in [0.2, 0.25) is 10.0 Å². The Labute approximate surface area is 187 Å². The van der Waals surface area contributed by atoms with Crippen LogP contribution in [0.2, 0.25) is 0 Å². The van der Waals surface area contributed by atoms with E-state index in [0.29, 0.717) is 23.6 Å². The molecular formula is C19H25F2IN4O2S. The highest BCUT2D eigenvalue weighted by Gasteiger charge is 2.12. The zero-order valence-corrected chi connectivity index (χ0v) is 19.6. The molecule has 6 nitrogen and oxygen atoms in total. The first-order valence-electron chi connectivity index (χ1n) is 8.66. The van der Waals surface area contributed by atoms with Gasteiger partial charge in [0.1, 0.15) is 11.6 Å². The Balaban J connectivity index is 0.00000420. The van der Waals surface area contributed by atoms with Crippen LogP contribution in [0.5, 0.6) is 0 Å². The number of hydrogen-bond donors (Lipinski definition) is 3. The Morgan fingerprint density at radius 3 is 2.34 bits per heavy atom. The molecule has 0 aliphatic rings. The zero-order valence-electron chi connectivity index (χ0n) is 16.4. The summed E-state index contributed by atoms with van der Waals surface area (Å²) in [6, 6.07) is 8.95. The number of nitrogens with zero attached hydrogens (tertiary/aromatic N) is 1. The van der Waals surface area contributed by atoms with Crippen molar-refractivity contribution in [3.05, 3.63) is 64.7 Å². The van der Waals surface area contributed by atoms with E-state index in [1.54, 1.807) is 33.0 Å². The van der Waals surface area contributed by atoms with Crippen molar-refractivity contribution < 1.29 is 17.2 Å².